The van der Waals surface area contributed by atoms with Crippen LogP contribution in [0.2, 0.25) is 0 Å². The van der Waals surface area contributed by atoms with Gasteiger partial charge in [-0.25, -0.2) is 0 Å². The quantitative estimate of drug-likeness (QED) is 0.708. The zero-order valence-corrected chi connectivity index (χ0v) is 15.6. The Balaban J connectivity index is 1.41. The molecule has 1 aromatic carbocycles. The standard InChI is InChI=1S/C22H22N4O2/c27-21(18-7-9-19(10-8-18)24-12-3-4-13-24)25-14-5-15-26(17-16-25)22(28)20-6-1-2-11-23-20/h1-4,6-13H,5,14-17H2. The fourth-order valence-corrected chi connectivity index (χ4v) is 3.44. The third-order valence-corrected chi connectivity index (χ3v) is 4.97. The Labute approximate surface area is 164 Å². The number of aromatic nitrogens is 2. The van der Waals surface area contributed by atoms with Gasteiger partial charge in [-0.05, 0) is 55.0 Å². The van der Waals surface area contributed by atoms with E-state index in [9.17, 15) is 9.59 Å². The molecular formula is C22H22N4O2. The molecule has 0 aliphatic carbocycles. The minimum Gasteiger partial charge on any atom is -0.337 e. The van der Waals surface area contributed by atoms with Crippen molar-refractivity contribution in [1.82, 2.24) is 19.4 Å². The Morgan fingerprint density at radius 1 is 0.750 bits per heavy atom. The first-order valence-electron chi connectivity index (χ1n) is 9.45. The Bertz CT molecular complexity index is 936. The van der Waals surface area contributed by atoms with Crippen LogP contribution in [0.25, 0.3) is 5.69 Å². The molecule has 1 fully saturated rings. The van der Waals surface area contributed by atoms with E-state index in [0.717, 1.165) is 12.1 Å². The van der Waals surface area contributed by atoms with E-state index >= 15 is 0 Å². The SMILES string of the molecule is O=C(c1ccc(-n2cccc2)cc1)N1CCCN(C(=O)c2ccccn2)CC1. The highest BCUT2D eigenvalue weighted by molar-refractivity contribution is 5.95. The van der Waals surface area contributed by atoms with Crippen LogP contribution >= 0.6 is 0 Å². The Hall–Kier alpha value is -3.41. The van der Waals surface area contributed by atoms with E-state index in [4.69, 9.17) is 0 Å². The second-order valence-electron chi connectivity index (χ2n) is 6.79. The molecule has 1 saturated heterocycles. The number of carbonyl (C=O) groups is 2. The lowest BCUT2D eigenvalue weighted by Crippen LogP contribution is -2.37. The second kappa shape index (κ2) is 8.08. The highest BCUT2D eigenvalue weighted by Gasteiger charge is 2.24. The number of carbonyl (C=O) groups excluding carboxylic acids is 2. The molecule has 0 atom stereocenters. The van der Waals surface area contributed by atoms with Crippen molar-refractivity contribution >= 4 is 11.8 Å². The molecule has 1 aliphatic rings. The molecule has 142 valence electrons. The van der Waals surface area contributed by atoms with Gasteiger partial charge in [-0.2, -0.15) is 0 Å². The van der Waals surface area contributed by atoms with Crippen molar-refractivity contribution in [3.8, 4) is 5.69 Å². The first kappa shape index (κ1) is 18.0. The minimum absolute atomic E-state index is 0.00573. The highest BCUT2D eigenvalue weighted by atomic mass is 16.2. The van der Waals surface area contributed by atoms with E-state index in [-0.39, 0.29) is 11.8 Å². The predicted molar refractivity (Wildman–Crippen MR) is 106 cm³/mol. The maximum atomic E-state index is 12.9. The van der Waals surface area contributed by atoms with Crippen molar-refractivity contribution < 1.29 is 9.59 Å². The molecule has 0 unspecified atom stereocenters. The summed E-state index contributed by atoms with van der Waals surface area (Å²) in [5, 5.41) is 0. The van der Waals surface area contributed by atoms with E-state index in [1.807, 2.05) is 64.3 Å². The molecule has 1 aliphatic heterocycles. The first-order valence-corrected chi connectivity index (χ1v) is 9.45. The van der Waals surface area contributed by atoms with Crippen molar-refractivity contribution in [3.05, 3.63) is 84.4 Å². The third kappa shape index (κ3) is 3.81. The molecule has 0 N–H and O–H groups in total. The predicted octanol–water partition coefficient (Wildman–Crippen LogP) is 2.86. The van der Waals surface area contributed by atoms with Crippen molar-refractivity contribution in [3.63, 3.8) is 0 Å². The van der Waals surface area contributed by atoms with Gasteiger partial charge < -0.3 is 14.4 Å². The van der Waals surface area contributed by atoms with Gasteiger partial charge in [0.05, 0.1) is 0 Å². The Morgan fingerprint density at radius 2 is 1.43 bits per heavy atom. The lowest BCUT2D eigenvalue weighted by molar-refractivity contribution is 0.0715. The van der Waals surface area contributed by atoms with Gasteiger partial charge in [0.1, 0.15) is 5.69 Å². The average Bonchev–Trinajstić information content (AvgIpc) is 3.18. The summed E-state index contributed by atoms with van der Waals surface area (Å²) in [7, 11) is 0. The van der Waals surface area contributed by atoms with E-state index in [1.54, 1.807) is 23.2 Å². The molecule has 0 bridgehead atoms. The van der Waals surface area contributed by atoms with E-state index in [2.05, 4.69) is 4.98 Å². The largest absolute Gasteiger partial charge is 0.337 e. The number of hydrogen-bond donors (Lipinski definition) is 0. The maximum Gasteiger partial charge on any atom is 0.272 e. The molecule has 0 spiro atoms. The number of pyridine rings is 1. The minimum atomic E-state index is -0.0778. The van der Waals surface area contributed by atoms with Crippen LogP contribution in [0.1, 0.15) is 27.3 Å². The fourth-order valence-electron chi connectivity index (χ4n) is 3.44. The average molecular weight is 374 g/mol. The van der Waals surface area contributed by atoms with E-state index in [1.165, 1.54) is 0 Å². The molecule has 28 heavy (non-hydrogen) atoms. The monoisotopic (exact) mass is 374 g/mol. The molecule has 3 heterocycles. The first-order chi connectivity index (χ1) is 13.7. The van der Waals surface area contributed by atoms with Gasteiger partial charge in [0, 0.05) is 56.0 Å². The summed E-state index contributed by atoms with van der Waals surface area (Å²) in [6, 6.07) is 16.9. The number of rotatable bonds is 3. The molecule has 0 radical (unpaired) electrons. The number of hydrogen-bond acceptors (Lipinski definition) is 3. The van der Waals surface area contributed by atoms with Crippen molar-refractivity contribution in [2.45, 2.75) is 6.42 Å². The zero-order valence-electron chi connectivity index (χ0n) is 15.6. The summed E-state index contributed by atoms with van der Waals surface area (Å²) >= 11 is 0. The van der Waals surface area contributed by atoms with Gasteiger partial charge in [0.15, 0.2) is 0 Å². The number of benzene rings is 1. The highest BCUT2D eigenvalue weighted by Crippen LogP contribution is 2.14. The van der Waals surface area contributed by atoms with E-state index < -0.39 is 0 Å². The summed E-state index contributed by atoms with van der Waals surface area (Å²) < 4.78 is 2.00. The molecule has 4 rings (SSSR count). The molecule has 0 saturated carbocycles. The van der Waals surface area contributed by atoms with Crippen LogP contribution < -0.4 is 0 Å². The van der Waals surface area contributed by atoms with Gasteiger partial charge in [0.2, 0.25) is 0 Å². The van der Waals surface area contributed by atoms with Crippen LogP contribution in [-0.2, 0) is 0 Å². The number of amides is 2. The normalized spacial score (nSPS) is 14.6. The maximum absolute atomic E-state index is 12.9. The topological polar surface area (TPSA) is 58.4 Å². The summed E-state index contributed by atoms with van der Waals surface area (Å²) in [5.41, 5.74) is 2.13. The van der Waals surface area contributed by atoms with E-state index in [0.29, 0.717) is 37.4 Å². The summed E-state index contributed by atoms with van der Waals surface area (Å²) in [6.45, 7) is 2.31. The molecule has 3 aromatic rings. The second-order valence-corrected chi connectivity index (χ2v) is 6.79. The van der Waals surface area contributed by atoms with Crippen molar-refractivity contribution in [2.75, 3.05) is 26.2 Å². The van der Waals surface area contributed by atoms with Crippen LogP contribution in [0.15, 0.2) is 73.2 Å². The number of nitrogens with zero attached hydrogens (tertiary/aromatic N) is 4. The van der Waals surface area contributed by atoms with Crippen LogP contribution in [0.3, 0.4) is 0 Å². The summed E-state index contributed by atoms with van der Waals surface area (Å²) in [4.78, 5) is 33.3. The lowest BCUT2D eigenvalue weighted by atomic mass is 10.1. The third-order valence-electron chi connectivity index (χ3n) is 4.97. The smallest absolute Gasteiger partial charge is 0.272 e. The molecule has 2 amide bonds. The fraction of sp³-hybridized carbons (Fsp3) is 0.227. The molecule has 2 aromatic heterocycles. The van der Waals surface area contributed by atoms with Gasteiger partial charge in [-0.15, -0.1) is 0 Å². The zero-order chi connectivity index (χ0) is 19.3. The van der Waals surface area contributed by atoms with Crippen molar-refractivity contribution in [1.29, 1.82) is 0 Å². The Kier molecular flexibility index (Phi) is 5.19. The molecule has 6 heteroatoms. The van der Waals surface area contributed by atoms with Gasteiger partial charge in [-0.3, -0.25) is 14.6 Å². The van der Waals surface area contributed by atoms with Crippen molar-refractivity contribution in [2.24, 2.45) is 0 Å². The molecular weight excluding hydrogens is 352 g/mol. The summed E-state index contributed by atoms with van der Waals surface area (Å²) in [5.74, 6) is -0.0721. The van der Waals surface area contributed by atoms with Crippen LogP contribution in [0.5, 0.6) is 0 Å². The van der Waals surface area contributed by atoms with Gasteiger partial charge >= 0.3 is 0 Å². The summed E-state index contributed by atoms with van der Waals surface area (Å²) in [6.07, 6.45) is 6.32. The lowest BCUT2D eigenvalue weighted by Gasteiger charge is -2.22. The Morgan fingerprint density at radius 3 is 2.07 bits per heavy atom. The van der Waals surface area contributed by atoms with Gasteiger partial charge in [0.25, 0.3) is 11.8 Å². The molecule has 6 nitrogen and oxygen atoms in total. The van der Waals surface area contributed by atoms with Crippen LogP contribution in [0.4, 0.5) is 0 Å². The van der Waals surface area contributed by atoms with Crippen LogP contribution in [0, 0.1) is 0 Å². The van der Waals surface area contributed by atoms with Gasteiger partial charge in [-0.1, -0.05) is 6.07 Å². The van der Waals surface area contributed by atoms with Crippen LogP contribution in [-0.4, -0.2) is 57.3 Å².